The summed E-state index contributed by atoms with van der Waals surface area (Å²) >= 11 is 0. The van der Waals surface area contributed by atoms with E-state index < -0.39 is 0 Å². The maximum Gasteiger partial charge on any atom is 0.240 e. The van der Waals surface area contributed by atoms with Gasteiger partial charge in [0.2, 0.25) is 11.6 Å². The molecule has 5 N–H and O–H groups in total. The van der Waals surface area contributed by atoms with Crippen molar-refractivity contribution in [2.24, 2.45) is 10.8 Å². The second-order valence-corrected chi connectivity index (χ2v) is 3.59. The highest BCUT2D eigenvalue weighted by Gasteiger charge is 2.06. The van der Waals surface area contributed by atoms with E-state index in [0.717, 1.165) is 10.9 Å². The molecule has 0 radical (unpaired) electrons. The second-order valence-electron chi connectivity index (χ2n) is 3.59. The number of rotatable bonds is 4. The highest BCUT2D eigenvalue weighted by atomic mass is 16.5. The first kappa shape index (κ1) is 12.4. The summed E-state index contributed by atoms with van der Waals surface area (Å²) in [5, 5.41) is 27.2. The van der Waals surface area contributed by atoms with Crippen LogP contribution in [0.2, 0.25) is 0 Å². The van der Waals surface area contributed by atoms with Crippen LogP contribution in [0.1, 0.15) is 0 Å². The van der Waals surface area contributed by atoms with Crippen molar-refractivity contribution >= 4 is 28.1 Å². The number of hydrogen-bond donors (Lipinski definition) is 4. The van der Waals surface area contributed by atoms with Crippen molar-refractivity contribution in [2.75, 3.05) is 12.5 Å². The molecule has 0 saturated carbocycles. The molecule has 2 rings (SSSR count). The van der Waals surface area contributed by atoms with Crippen LogP contribution in [0.4, 0.5) is 5.69 Å². The Balaban J connectivity index is 2.28. The first-order valence-electron chi connectivity index (χ1n) is 5.26. The van der Waals surface area contributed by atoms with Gasteiger partial charge in [-0.1, -0.05) is 0 Å². The third kappa shape index (κ3) is 2.44. The van der Waals surface area contributed by atoms with Crippen LogP contribution in [0.25, 0.3) is 10.9 Å². The van der Waals surface area contributed by atoms with E-state index in [1.807, 2.05) is 0 Å². The van der Waals surface area contributed by atoms with E-state index in [2.05, 4.69) is 20.7 Å². The fraction of sp³-hybridized carbons (Fsp3) is 0.0909. The Morgan fingerprint density at radius 1 is 1.63 bits per heavy atom. The molecule has 1 aromatic heterocycles. The summed E-state index contributed by atoms with van der Waals surface area (Å²) in [6.07, 6.45) is 0. The molecular weight excluding hydrogens is 246 g/mol. The predicted molar refractivity (Wildman–Crippen MR) is 71.2 cm³/mol. The number of hydrogen-bond acceptors (Lipinski definition) is 6. The minimum Gasteiger partial charge on any atom is -0.480 e. The van der Waals surface area contributed by atoms with Crippen LogP contribution < -0.4 is 15.9 Å². The zero-order valence-electron chi connectivity index (χ0n) is 10.1. The third-order valence-electron chi connectivity index (χ3n) is 2.38. The number of anilines is 1. The smallest absolute Gasteiger partial charge is 0.240 e. The lowest BCUT2D eigenvalue weighted by molar-refractivity contribution is 0.401. The van der Waals surface area contributed by atoms with E-state index in [4.69, 9.17) is 21.1 Å². The van der Waals surface area contributed by atoms with Gasteiger partial charge in [-0.25, -0.2) is 0 Å². The number of methoxy groups -OCH3 is 1. The largest absolute Gasteiger partial charge is 0.480 e. The van der Waals surface area contributed by atoms with Crippen molar-refractivity contribution in [3.05, 3.63) is 18.2 Å². The maximum atomic E-state index is 8.71. The molecule has 0 aliphatic heterocycles. The van der Waals surface area contributed by atoms with E-state index >= 15 is 0 Å². The normalized spacial score (nSPS) is 11.1. The quantitative estimate of drug-likeness (QED) is 0.365. The van der Waals surface area contributed by atoms with Gasteiger partial charge in [0.1, 0.15) is 6.07 Å². The van der Waals surface area contributed by atoms with Crippen LogP contribution in [-0.2, 0) is 0 Å². The lowest BCUT2D eigenvalue weighted by Gasteiger charge is -2.01. The monoisotopic (exact) mass is 257 g/mol. The topological polar surface area (TPSA) is 136 Å². The molecule has 19 heavy (non-hydrogen) atoms. The van der Waals surface area contributed by atoms with Crippen molar-refractivity contribution < 1.29 is 4.74 Å². The lowest BCUT2D eigenvalue weighted by atomic mass is 10.2. The molecule has 0 unspecified atom stereocenters. The average molecular weight is 257 g/mol. The summed E-state index contributed by atoms with van der Waals surface area (Å²) < 4.78 is 5.08. The fourth-order valence-corrected chi connectivity index (χ4v) is 1.49. The third-order valence-corrected chi connectivity index (χ3v) is 2.38. The van der Waals surface area contributed by atoms with Crippen LogP contribution in [0.5, 0.6) is 5.88 Å². The number of nitriles is 1. The van der Waals surface area contributed by atoms with E-state index in [-0.39, 0.29) is 11.5 Å². The van der Waals surface area contributed by atoms with Crippen molar-refractivity contribution in [2.45, 2.75) is 0 Å². The van der Waals surface area contributed by atoms with Crippen LogP contribution in [0.3, 0.4) is 0 Å². The molecule has 1 heterocycles. The molecule has 96 valence electrons. The Bertz CT molecular complexity index is 695. The number of hydrazone groups is 1. The number of aromatic nitrogens is 2. The number of fused-ring (bicyclic) bond motifs is 1. The fourth-order valence-electron chi connectivity index (χ4n) is 1.49. The second kappa shape index (κ2) is 5.05. The Kier molecular flexibility index (Phi) is 3.29. The highest BCUT2D eigenvalue weighted by molar-refractivity contribution is 6.45. The number of amidine groups is 1. The molecule has 0 fully saturated rings. The van der Waals surface area contributed by atoms with Crippen LogP contribution in [0.15, 0.2) is 23.3 Å². The number of H-pyrrole nitrogens is 1. The summed E-state index contributed by atoms with van der Waals surface area (Å²) in [4.78, 5) is 0. The first-order valence-corrected chi connectivity index (χ1v) is 5.26. The highest BCUT2D eigenvalue weighted by Crippen LogP contribution is 2.24. The van der Waals surface area contributed by atoms with Gasteiger partial charge in [0.05, 0.1) is 23.7 Å². The summed E-state index contributed by atoms with van der Waals surface area (Å²) in [6.45, 7) is 0. The Hall–Kier alpha value is -3.08. The van der Waals surface area contributed by atoms with Gasteiger partial charge in [-0.05, 0) is 18.2 Å². The molecule has 0 atom stereocenters. The van der Waals surface area contributed by atoms with E-state index in [0.29, 0.717) is 11.6 Å². The van der Waals surface area contributed by atoms with Gasteiger partial charge in [0.15, 0.2) is 5.84 Å². The number of nitrogens with one attached hydrogen (secondary N) is 3. The molecule has 1 aromatic carbocycles. The van der Waals surface area contributed by atoms with Gasteiger partial charge < -0.3 is 10.5 Å². The minimum absolute atomic E-state index is 0.178. The maximum absolute atomic E-state index is 8.71. The number of aromatic amines is 1. The molecule has 8 heteroatoms. The summed E-state index contributed by atoms with van der Waals surface area (Å²) in [6, 6.07) is 7.02. The molecule has 0 aliphatic rings. The molecule has 0 amide bonds. The molecule has 0 aliphatic carbocycles. The van der Waals surface area contributed by atoms with Crippen LogP contribution >= 0.6 is 0 Å². The number of benzene rings is 1. The van der Waals surface area contributed by atoms with Crippen molar-refractivity contribution in [3.8, 4) is 11.9 Å². The lowest BCUT2D eigenvalue weighted by Crippen LogP contribution is -2.21. The summed E-state index contributed by atoms with van der Waals surface area (Å²) in [5.74, 6) is 0.116. The molecule has 2 aromatic rings. The molecule has 0 saturated heterocycles. The van der Waals surface area contributed by atoms with Gasteiger partial charge in [-0.2, -0.15) is 10.4 Å². The van der Waals surface area contributed by atoms with E-state index in [1.165, 1.54) is 7.11 Å². The standard InChI is InChI=1S/C11H11N7O/c1-19-11-7-3-2-6(4-8(7)16-18-11)15-17-9(5-12)10(13)14/h2-4,15H,1H3,(H3,13,14)(H,16,18)/b17-9+. The van der Waals surface area contributed by atoms with Crippen LogP contribution in [-0.4, -0.2) is 28.9 Å². The molecule has 0 spiro atoms. The van der Waals surface area contributed by atoms with E-state index in [1.54, 1.807) is 24.3 Å². The minimum atomic E-state index is -0.390. The summed E-state index contributed by atoms with van der Waals surface area (Å²) in [7, 11) is 1.54. The SMILES string of the molecule is COc1n[nH]c2cc(N/N=C(\C#N)C(=N)N)ccc12. The van der Waals surface area contributed by atoms with Gasteiger partial charge in [0, 0.05) is 0 Å². The van der Waals surface area contributed by atoms with Crippen molar-refractivity contribution in [1.29, 1.82) is 10.7 Å². The van der Waals surface area contributed by atoms with Gasteiger partial charge in [-0.15, -0.1) is 5.10 Å². The number of nitrogens with two attached hydrogens (primary N) is 1. The molecule has 8 nitrogen and oxygen atoms in total. The Morgan fingerprint density at radius 2 is 2.42 bits per heavy atom. The van der Waals surface area contributed by atoms with Gasteiger partial charge >= 0.3 is 0 Å². The van der Waals surface area contributed by atoms with E-state index in [9.17, 15) is 0 Å². The average Bonchev–Trinajstić information content (AvgIpc) is 2.81. The predicted octanol–water partition coefficient (Wildman–Crippen LogP) is 0.799. The Morgan fingerprint density at radius 3 is 3.05 bits per heavy atom. The zero-order chi connectivity index (χ0) is 13.8. The Labute approximate surface area is 108 Å². The van der Waals surface area contributed by atoms with Gasteiger partial charge in [0.25, 0.3) is 0 Å². The summed E-state index contributed by atoms with van der Waals surface area (Å²) in [5.41, 5.74) is 9.05. The number of nitrogens with zero attached hydrogens (tertiary/aromatic N) is 3. The first-order chi connectivity index (χ1) is 9.15. The molecule has 0 bridgehead atoms. The number of ether oxygens (including phenoxy) is 1. The van der Waals surface area contributed by atoms with Gasteiger partial charge in [-0.3, -0.25) is 15.9 Å². The molecular formula is C11H11N7O. The zero-order valence-corrected chi connectivity index (χ0v) is 10.1. The van der Waals surface area contributed by atoms with Crippen molar-refractivity contribution in [1.82, 2.24) is 10.2 Å². The van der Waals surface area contributed by atoms with Crippen LogP contribution in [0, 0.1) is 16.7 Å². The van der Waals surface area contributed by atoms with Crippen molar-refractivity contribution in [3.63, 3.8) is 0 Å².